The Hall–Kier alpha value is -2.36. The number of rotatable bonds is 3. The van der Waals surface area contributed by atoms with Crippen LogP contribution in [0.3, 0.4) is 0 Å². The fraction of sp³-hybridized carbons (Fsp3) is 0.250. The van der Waals surface area contributed by atoms with Gasteiger partial charge in [-0.3, -0.25) is 0 Å². The summed E-state index contributed by atoms with van der Waals surface area (Å²) in [5, 5.41) is 13.2. The van der Waals surface area contributed by atoms with Gasteiger partial charge in [-0.2, -0.15) is 5.10 Å². The predicted molar refractivity (Wildman–Crippen MR) is 79.2 cm³/mol. The molecular formula is C16H18N2O2. The first kappa shape index (κ1) is 14.1. The second-order valence-corrected chi connectivity index (χ2v) is 4.92. The summed E-state index contributed by atoms with van der Waals surface area (Å²) in [6.45, 7) is 8.06. The SMILES string of the molecule is Cc1cc(-n2nc(C)c(C)c2C)ccc1C=CC(=O)O. The molecule has 2 rings (SSSR count). The third-order valence-corrected chi connectivity index (χ3v) is 3.56. The Labute approximate surface area is 118 Å². The monoisotopic (exact) mass is 270 g/mol. The minimum atomic E-state index is -0.942. The van der Waals surface area contributed by atoms with Crippen molar-refractivity contribution in [2.75, 3.05) is 0 Å². The van der Waals surface area contributed by atoms with Crippen molar-refractivity contribution < 1.29 is 9.90 Å². The van der Waals surface area contributed by atoms with Crippen molar-refractivity contribution in [3.8, 4) is 5.69 Å². The molecular weight excluding hydrogens is 252 g/mol. The van der Waals surface area contributed by atoms with Crippen LogP contribution in [0.15, 0.2) is 24.3 Å². The molecule has 0 aliphatic heterocycles. The summed E-state index contributed by atoms with van der Waals surface area (Å²) >= 11 is 0. The summed E-state index contributed by atoms with van der Waals surface area (Å²) in [7, 11) is 0. The van der Waals surface area contributed by atoms with Crippen LogP contribution in [0.25, 0.3) is 11.8 Å². The molecule has 0 spiro atoms. The molecule has 1 aromatic heterocycles. The van der Waals surface area contributed by atoms with Gasteiger partial charge in [-0.25, -0.2) is 9.48 Å². The van der Waals surface area contributed by atoms with Crippen LogP contribution in [0, 0.1) is 27.7 Å². The first-order valence-corrected chi connectivity index (χ1v) is 6.45. The molecule has 0 unspecified atom stereocenters. The molecule has 20 heavy (non-hydrogen) atoms. The predicted octanol–water partition coefficient (Wildman–Crippen LogP) is 3.20. The minimum absolute atomic E-state index is 0.898. The molecule has 0 atom stereocenters. The molecule has 4 nitrogen and oxygen atoms in total. The summed E-state index contributed by atoms with van der Waals surface area (Å²) in [6.07, 6.45) is 2.75. The van der Waals surface area contributed by atoms with Gasteiger partial charge >= 0.3 is 5.97 Å². The summed E-state index contributed by atoms with van der Waals surface area (Å²) in [4.78, 5) is 10.6. The summed E-state index contributed by atoms with van der Waals surface area (Å²) in [6, 6.07) is 5.88. The lowest BCUT2D eigenvalue weighted by Gasteiger charge is -2.08. The van der Waals surface area contributed by atoms with Crippen molar-refractivity contribution in [3.05, 3.63) is 52.4 Å². The number of carboxylic acids is 1. The average Bonchev–Trinajstić information content (AvgIpc) is 2.65. The van der Waals surface area contributed by atoms with Gasteiger partial charge in [0.05, 0.1) is 11.4 Å². The first-order chi connectivity index (χ1) is 9.40. The van der Waals surface area contributed by atoms with E-state index < -0.39 is 5.97 Å². The quantitative estimate of drug-likeness (QED) is 0.871. The highest BCUT2D eigenvalue weighted by molar-refractivity contribution is 5.85. The van der Waals surface area contributed by atoms with Crippen molar-refractivity contribution in [1.82, 2.24) is 9.78 Å². The Morgan fingerprint density at radius 1 is 1.25 bits per heavy atom. The Kier molecular flexibility index (Phi) is 3.74. The van der Waals surface area contributed by atoms with Gasteiger partial charge in [-0.05, 0) is 62.6 Å². The molecule has 0 radical (unpaired) electrons. The zero-order valence-corrected chi connectivity index (χ0v) is 12.1. The maximum Gasteiger partial charge on any atom is 0.328 e. The van der Waals surface area contributed by atoms with E-state index in [1.54, 1.807) is 6.08 Å². The largest absolute Gasteiger partial charge is 0.478 e. The summed E-state index contributed by atoms with van der Waals surface area (Å²) in [5.74, 6) is -0.942. The molecule has 1 heterocycles. The van der Waals surface area contributed by atoms with Crippen LogP contribution < -0.4 is 0 Å². The van der Waals surface area contributed by atoms with Gasteiger partial charge in [-0.15, -0.1) is 0 Å². The Morgan fingerprint density at radius 3 is 2.45 bits per heavy atom. The normalized spacial score (nSPS) is 11.2. The number of benzene rings is 1. The standard InChI is InChI=1S/C16H18N2O2/c1-10-9-15(7-5-14(10)6-8-16(19)20)18-13(4)11(2)12(3)17-18/h5-9H,1-4H3,(H,19,20). The average molecular weight is 270 g/mol. The van der Waals surface area contributed by atoms with Gasteiger partial charge in [0.15, 0.2) is 0 Å². The third-order valence-electron chi connectivity index (χ3n) is 3.56. The van der Waals surface area contributed by atoms with Crippen molar-refractivity contribution in [3.63, 3.8) is 0 Å². The van der Waals surface area contributed by atoms with E-state index in [-0.39, 0.29) is 0 Å². The lowest BCUT2D eigenvalue weighted by molar-refractivity contribution is -0.131. The van der Waals surface area contributed by atoms with Gasteiger partial charge < -0.3 is 5.11 Å². The maximum absolute atomic E-state index is 10.6. The summed E-state index contributed by atoms with van der Waals surface area (Å²) < 4.78 is 1.92. The molecule has 0 saturated heterocycles. The van der Waals surface area contributed by atoms with Crippen LogP contribution in [-0.4, -0.2) is 20.9 Å². The van der Waals surface area contributed by atoms with E-state index >= 15 is 0 Å². The molecule has 1 N–H and O–H groups in total. The van der Waals surface area contributed by atoms with Crippen LogP contribution in [0.5, 0.6) is 0 Å². The molecule has 104 valence electrons. The van der Waals surface area contributed by atoms with Crippen molar-refractivity contribution in [1.29, 1.82) is 0 Å². The molecule has 0 saturated carbocycles. The van der Waals surface area contributed by atoms with Gasteiger partial charge in [0.2, 0.25) is 0 Å². The number of hydrogen-bond donors (Lipinski definition) is 1. The van der Waals surface area contributed by atoms with Crippen LogP contribution in [0.4, 0.5) is 0 Å². The second-order valence-electron chi connectivity index (χ2n) is 4.92. The molecule has 0 aliphatic rings. The number of aryl methyl sites for hydroxylation is 2. The van der Waals surface area contributed by atoms with E-state index in [1.165, 1.54) is 5.56 Å². The number of carboxylic acid groups (broad SMARTS) is 1. The lowest BCUT2D eigenvalue weighted by Crippen LogP contribution is -2.00. The zero-order chi connectivity index (χ0) is 14.9. The fourth-order valence-corrected chi connectivity index (χ4v) is 2.11. The second kappa shape index (κ2) is 5.33. The Morgan fingerprint density at radius 2 is 1.95 bits per heavy atom. The number of aliphatic carboxylic acids is 1. The molecule has 0 fully saturated rings. The molecule has 4 heteroatoms. The number of nitrogens with zero attached hydrogens (tertiary/aromatic N) is 2. The fourth-order valence-electron chi connectivity index (χ4n) is 2.11. The van der Waals surface area contributed by atoms with Crippen LogP contribution in [0.2, 0.25) is 0 Å². The van der Waals surface area contributed by atoms with Crippen molar-refractivity contribution >= 4 is 12.0 Å². The Bertz CT molecular complexity index is 697. The lowest BCUT2D eigenvalue weighted by atomic mass is 10.1. The highest BCUT2D eigenvalue weighted by Gasteiger charge is 2.09. The number of aromatic nitrogens is 2. The van der Waals surface area contributed by atoms with Crippen LogP contribution in [0.1, 0.15) is 28.1 Å². The van der Waals surface area contributed by atoms with E-state index in [4.69, 9.17) is 5.11 Å². The van der Waals surface area contributed by atoms with E-state index in [1.807, 2.05) is 43.7 Å². The van der Waals surface area contributed by atoms with Crippen LogP contribution in [-0.2, 0) is 4.79 Å². The summed E-state index contributed by atoms with van der Waals surface area (Å²) in [5.41, 5.74) is 6.24. The van der Waals surface area contributed by atoms with Crippen LogP contribution >= 0.6 is 0 Å². The van der Waals surface area contributed by atoms with E-state index in [9.17, 15) is 4.79 Å². The smallest absolute Gasteiger partial charge is 0.328 e. The minimum Gasteiger partial charge on any atom is -0.478 e. The molecule has 2 aromatic rings. The highest BCUT2D eigenvalue weighted by Crippen LogP contribution is 2.20. The van der Waals surface area contributed by atoms with E-state index in [2.05, 4.69) is 12.0 Å². The van der Waals surface area contributed by atoms with Gasteiger partial charge in [0.1, 0.15) is 0 Å². The molecule has 0 bridgehead atoms. The maximum atomic E-state index is 10.6. The Balaban J connectivity index is 2.43. The van der Waals surface area contributed by atoms with E-state index in [0.717, 1.165) is 34.3 Å². The zero-order valence-electron chi connectivity index (χ0n) is 12.1. The molecule has 0 aliphatic carbocycles. The van der Waals surface area contributed by atoms with Crippen molar-refractivity contribution in [2.24, 2.45) is 0 Å². The van der Waals surface area contributed by atoms with Gasteiger partial charge in [0.25, 0.3) is 0 Å². The molecule has 1 aromatic carbocycles. The first-order valence-electron chi connectivity index (χ1n) is 6.45. The topological polar surface area (TPSA) is 55.1 Å². The van der Waals surface area contributed by atoms with Crippen molar-refractivity contribution in [2.45, 2.75) is 27.7 Å². The van der Waals surface area contributed by atoms with E-state index in [0.29, 0.717) is 0 Å². The number of hydrogen-bond acceptors (Lipinski definition) is 2. The highest BCUT2D eigenvalue weighted by atomic mass is 16.4. The number of carbonyl (C=O) groups is 1. The molecule has 0 amide bonds. The third kappa shape index (κ3) is 2.64. The van der Waals surface area contributed by atoms with Gasteiger partial charge in [-0.1, -0.05) is 6.07 Å². The van der Waals surface area contributed by atoms with Gasteiger partial charge in [0, 0.05) is 11.8 Å².